The van der Waals surface area contributed by atoms with Crippen molar-refractivity contribution < 1.29 is 14.6 Å². The predicted molar refractivity (Wildman–Crippen MR) is 116 cm³/mol. The second-order valence-corrected chi connectivity index (χ2v) is 7.76. The molecule has 1 unspecified atom stereocenters. The smallest absolute Gasteiger partial charge is 0.488 e. The standard InChI is InChI=1S/C19H19BN6O3S/c1-12-8-15-16(6-3-7-17(15)30(21)29)26(12)19-24-18(11-23-25-19)22-10-13-4-2-5-14(9-13)20(27)28/h2-9,11,27-28H,10,21H2,1H3,(H,22,24,25). The highest BCUT2D eigenvalue weighted by Crippen LogP contribution is 2.27. The number of anilines is 1. The molecule has 2 heterocycles. The number of benzene rings is 2. The first-order valence-corrected chi connectivity index (χ1v) is 10.3. The van der Waals surface area contributed by atoms with Gasteiger partial charge in [-0.25, -0.2) is 0 Å². The third-order valence-electron chi connectivity index (χ3n) is 4.68. The highest BCUT2D eigenvalue weighted by molar-refractivity contribution is 7.89. The van der Waals surface area contributed by atoms with Gasteiger partial charge in [-0.05, 0) is 36.1 Å². The first kappa shape index (κ1) is 20.3. The minimum absolute atomic E-state index is 0.368. The number of aromatic nitrogens is 4. The summed E-state index contributed by atoms with van der Waals surface area (Å²) in [6, 6.07) is 14.3. The monoisotopic (exact) mass is 422 g/mol. The molecule has 30 heavy (non-hydrogen) atoms. The molecule has 0 radical (unpaired) electrons. The van der Waals surface area contributed by atoms with E-state index >= 15 is 0 Å². The Hall–Kier alpha value is -2.96. The molecule has 9 nitrogen and oxygen atoms in total. The maximum Gasteiger partial charge on any atom is 0.488 e. The van der Waals surface area contributed by atoms with E-state index in [1.807, 2.05) is 29.7 Å². The molecule has 5 N–H and O–H groups in total. The molecule has 0 spiro atoms. The van der Waals surface area contributed by atoms with Gasteiger partial charge in [0.2, 0.25) is 0 Å². The summed E-state index contributed by atoms with van der Waals surface area (Å²) in [7, 11) is -1.52. The van der Waals surface area contributed by atoms with Crippen LogP contribution in [0.5, 0.6) is 0 Å². The first-order valence-electron chi connectivity index (χ1n) is 9.10. The Kier molecular flexibility index (Phi) is 5.70. The summed E-state index contributed by atoms with van der Waals surface area (Å²) in [5.41, 5.74) is 2.91. The zero-order valence-corrected chi connectivity index (χ0v) is 16.9. The van der Waals surface area contributed by atoms with Crippen LogP contribution in [0.3, 0.4) is 0 Å². The fraction of sp³-hybridized carbons (Fsp3) is 0.105. The number of aryl methyl sites for hydroxylation is 1. The molecule has 0 saturated heterocycles. The topological polar surface area (TPSA) is 145 Å². The molecule has 0 saturated carbocycles. The zero-order valence-electron chi connectivity index (χ0n) is 16.1. The molecule has 0 aliphatic carbocycles. The van der Waals surface area contributed by atoms with Crippen molar-refractivity contribution in [3.05, 3.63) is 66.0 Å². The Morgan fingerprint density at radius 3 is 2.77 bits per heavy atom. The molecule has 152 valence electrons. The molecular formula is C19H19BN6O3S. The number of fused-ring (bicyclic) bond motifs is 1. The average Bonchev–Trinajstić information content (AvgIpc) is 3.08. The normalized spacial score (nSPS) is 12.2. The van der Waals surface area contributed by atoms with Gasteiger partial charge < -0.3 is 19.9 Å². The van der Waals surface area contributed by atoms with E-state index in [0.717, 1.165) is 22.2 Å². The van der Waals surface area contributed by atoms with E-state index in [2.05, 4.69) is 20.5 Å². The summed E-state index contributed by atoms with van der Waals surface area (Å²) in [5, 5.41) is 36.4. The summed E-state index contributed by atoms with van der Waals surface area (Å²) in [4.78, 5) is 5.09. The Labute approximate surface area is 176 Å². The first-order chi connectivity index (χ1) is 14.4. The van der Waals surface area contributed by atoms with Gasteiger partial charge in [0.1, 0.15) is 0 Å². The number of nitrogens with two attached hydrogens (primary N) is 1. The molecule has 2 aromatic heterocycles. The molecule has 0 fully saturated rings. The summed E-state index contributed by atoms with van der Waals surface area (Å²) < 4.78 is 13.7. The lowest BCUT2D eigenvalue weighted by Crippen LogP contribution is -2.30. The van der Waals surface area contributed by atoms with Crippen molar-refractivity contribution in [1.29, 1.82) is 0 Å². The zero-order chi connectivity index (χ0) is 21.3. The number of hydrogen-bond acceptors (Lipinski definition) is 8. The summed E-state index contributed by atoms with van der Waals surface area (Å²) in [5.74, 6) is 0.877. The van der Waals surface area contributed by atoms with E-state index in [9.17, 15) is 14.6 Å². The van der Waals surface area contributed by atoms with Gasteiger partial charge in [-0.1, -0.05) is 30.3 Å². The average molecular weight is 422 g/mol. The highest BCUT2D eigenvalue weighted by Gasteiger charge is 2.18. The van der Waals surface area contributed by atoms with Crippen molar-refractivity contribution in [3.63, 3.8) is 0 Å². The predicted octanol–water partition coefficient (Wildman–Crippen LogP) is 0.397. The molecule has 2 aromatic carbocycles. The van der Waals surface area contributed by atoms with Gasteiger partial charge in [0.05, 0.1) is 28.5 Å². The fourth-order valence-electron chi connectivity index (χ4n) is 3.31. The Morgan fingerprint density at radius 1 is 1.20 bits per heavy atom. The lowest BCUT2D eigenvalue weighted by molar-refractivity contribution is 0.425. The van der Waals surface area contributed by atoms with E-state index in [1.54, 1.807) is 30.3 Å². The van der Waals surface area contributed by atoms with E-state index in [1.165, 1.54) is 6.20 Å². The number of rotatable bonds is 6. The van der Waals surface area contributed by atoms with Crippen LogP contribution in [0.2, 0.25) is 0 Å². The largest absolute Gasteiger partial charge is 0.593 e. The quantitative estimate of drug-likeness (QED) is 0.258. The molecule has 0 aliphatic heterocycles. The Balaban J connectivity index is 1.64. The van der Waals surface area contributed by atoms with Crippen LogP contribution in [-0.2, 0) is 17.9 Å². The fourth-order valence-corrected chi connectivity index (χ4v) is 3.90. The van der Waals surface area contributed by atoms with Crippen LogP contribution in [0.25, 0.3) is 16.9 Å². The molecule has 0 aliphatic rings. The van der Waals surface area contributed by atoms with Crippen LogP contribution >= 0.6 is 0 Å². The maximum absolute atomic E-state index is 11.9. The SMILES string of the molecule is Cc1cc2c([S+](N)[O-])cccc2n1-c1nncc(NCc2cccc(B(O)O)c2)n1. The van der Waals surface area contributed by atoms with Gasteiger partial charge >= 0.3 is 7.12 Å². The Bertz CT molecular complexity index is 1200. The van der Waals surface area contributed by atoms with Crippen LogP contribution in [0.4, 0.5) is 5.82 Å². The third kappa shape index (κ3) is 4.02. The van der Waals surface area contributed by atoms with Gasteiger partial charge in [-0.3, -0.25) is 4.57 Å². The molecule has 4 aromatic rings. The van der Waals surface area contributed by atoms with Gasteiger partial charge in [0, 0.05) is 12.2 Å². The lowest BCUT2D eigenvalue weighted by Gasteiger charge is -2.10. The third-order valence-corrected chi connectivity index (χ3v) is 5.47. The number of nitrogens with zero attached hydrogens (tertiary/aromatic N) is 4. The van der Waals surface area contributed by atoms with Crippen molar-refractivity contribution >= 4 is 40.7 Å². The van der Waals surface area contributed by atoms with Gasteiger partial charge in [0.15, 0.2) is 10.7 Å². The van der Waals surface area contributed by atoms with Crippen molar-refractivity contribution in [2.45, 2.75) is 18.4 Å². The molecule has 0 amide bonds. The second-order valence-electron chi connectivity index (χ2n) is 6.72. The molecule has 1 atom stereocenters. The van der Waals surface area contributed by atoms with Crippen molar-refractivity contribution in [2.75, 3.05) is 5.32 Å². The van der Waals surface area contributed by atoms with E-state index in [-0.39, 0.29) is 0 Å². The van der Waals surface area contributed by atoms with Crippen LogP contribution in [0.15, 0.2) is 59.6 Å². The number of nitrogens with one attached hydrogen (secondary N) is 1. The maximum atomic E-state index is 11.9. The molecule has 11 heteroatoms. The lowest BCUT2D eigenvalue weighted by atomic mass is 9.80. The minimum Gasteiger partial charge on any atom is -0.593 e. The van der Waals surface area contributed by atoms with E-state index in [0.29, 0.717) is 28.7 Å². The summed E-state index contributed by atoms with van der Waals surface area (Å²) in [6.07, 6.45) is 1.51. The molecule has 0 bridgehead atoms. The summed E-state index contributed by atoms with van der Waals surface area (Å²) in [6.45, 7) is 2.32. The van der Waals surface area contributed by atoms with E-state index < -0.39 is 18.5 Å². The van der Waals surface area contributed by atoms with Crippen molar-refractivity contribution in [3.8, 4) is 5.95 Å². The minimum atomic E-state index is -1.61. The number of hydrogen-bond donors (Lipinski definition) is 4. The second kappa shape index (κ2) is 8.42. The van der Waals surface area contributed by atoms with Crippen molar-refractivity contribution in [1.82, 2.24) is 19.7 Å². The van der Waals surface area contributed by atoms with Gasteiger partial charge in [-0.15, -0.1) is 10.2 Å². The van der Waals surface area contributed by atoms with Gasteiger partial charge in [0.25, 0.3) is 5.95 Å². The summed E-state index contributed by atoms with van der Waals surface area (Å²) >= 11 is -1.61. The van der Waals surface area contributed by atoms with Crippen LogP contribution in [-0.4, -0.2) is 41.5 Å². The Morgan fingerprint density at radius 2 is 2.00 bits per heavy atom. The highest BCUT2D eigenvalue weighted by atomic mass is 32.2. The molecule has 4 rings (SSSR count). The van der Waals surface area contributed by atoms with E-state index in [4.69, 9.17) is 5.14 Å². The van der Waals surface area contributed by atoms with Crippen LogP contribution in [0, 0.1) is 6.92 Å². The molecular weight excluding hydrogens is 403 g/mol. The van der Waals surface area contributed by atoms with Crippen LogP contribution in [0.1, 0.15) is 11.3 Å². The van der Waals surface area contributed by atoms with Crippen molar-refractivity contribution in [2.24, 2.45) is 5.14 Å². The van der Waals surface area contributed by atoms with Crippen LogP contribution < -0.4 is 15.9 Å². The van der Waals surface area contributed by atoms with Gasteiger partial charge in [-0.2, -0.15) is 10.1 Å².